The van der Waals surface area contributed by atoms with Gasteiger partial charge in [-0.2, -0.15) is 0 Å². The van der Waals surface area contributed by atoms with Crippen LogP contribution in [0.2, 0.25) is 0 Å². The van der Waals surface area contributed by atoms with Crippen LogP contribution in [0.3, 0.4) is 0 Å². The number of hydrogen-bond acceptors (Lipinski definition) is 3. The topological polar surface area (TPSA) is 44.5 Å². The van der Waals surface area contributed by atoms with E-state index in [0.29, 0.717) is 18.9 Å². The number of benzene rings is 1. The maximum absolute atomic E-state index is 5.79. The van der Waals surface area contributed by atoms with Crippen LogP contribution in [-0.2, 0) is 11.3 Å². The SMILES string of the molecule is CCCCOCc1ccc(N)c(OCC)c1. The molecular formula is C13H21NO2. The van der Waals surface area contributed by atoms with Crippen LogP contribution in [0, 0.1) is 0 Å². The quantitative estimate of drug-likeness (QED) is 0.571. The Labute approximate surface area is 97.6 Å². The normalized spacial score (nSPS) is 10.4. The summed E-state index contributed by atoms with van der Waals surface area (Å²) in [6.45, 7) is 6.17. The molecule has 0 amide bonds. The molecule has 1 aromatic rings. The molecule has 0 aromatic heterocycles. The predicted molar refractivity (Wildman–Crippen MR) is 66.6 cm³/mol. The average molecular weight is 223 g/mol. The van der Waals surface area contributed by atoms with Gasteiger partial charge >= 0.3 is 0 Å². The second-order valence-electron chi connectivity index (χ2n) is 3.71. The van der Waals surface area contributed by atoms with E-state index in [1.807, 2.05) is 25.1 Å². The molecule has 0 spiro atoms. The minimum absolute atomic E-state index is 0.625. The molecule has 3 heteroatoms. The van der Waals surface area contributed by atoms with Crippen LogP contribution >= 0.6 is 0 Å². The first-order valence-electron chi connectivity index (χ1n) is 5.86. The second kappa shape index (κ2) is 7.12. The van der Waals surface area contributed by atoms with Crippen molar-refractivity contribution in [3.8, 4) is 5.75 Å². The number of ether oxygens (including phenoxy) is 2. The summed E-state index contributed by atoms with van der Waals surface area (Å²) in [5, 5.41) is 0. The van der Waals surface area contributed by atoms with Crippen molar-refractivity contribution in [3.05, 3.63) is 23.8 Å². The molecule has 0 bridgehead atoms. The smallest absolute Gasteiger partial charge is 0.142 e. The molecule has 90 valence electrons. The monoisotopic (exact) mass is 223 g/mol. The number of rotatable bonds is 7. The van der Waals surface area contributed by atoms with Gasteiger partial charge in [0.25, 0.3) is 0 Å². The highest BCUT2D eigenvalue weighted by atomic mass is 16.5. The van der Waals surface area contributed by atoms with E-state index < -0.39 is 0 Å². The summed E-state index contributed by atoms with van der Waals surface area (Å²) in [6.07, 6.45) is 2.26. The van der Waals surface area contributed by atoms with Crippen molar-refractivity contribution in [1.29, 1.82) is 0 Å². The molecule has 2 N–H and O–H groups in total. The summed E-state index contributed by atoms with van der Waals surface area (Å²) in [5.41, 5.74) is 7.57. The van der Waals surface area contributed by atoms with Gasteiger partial charge in [0.15, 0.2) is 0 Å². The first-order chi connectivity index (χ1) is 7.77. The van der Waals surface area contributed by atoms with E-state index in [1.165, 1.54) is 0 Å². The first kappa shape index (κ1) is 12.8. The van der Waals surface area contributed by atoms with Crippen LogP contribution in [0.25, 0.3) is 0 Å². The van der Waals surface area contributed by atoms with Crippen LogP contribution in [0.1, 0.15) is 32.3 Å². The summed E-state index contributed by atoms with van der Waals surface area (Å²) >= 11 is 0. The van der Waals surface area contributed by atoms with Gasteiger partial charge < -0.3 is 15.2 Å². The van der Waals surface area contributed by atoms with Crippen LogP contribution in [0.15, 0.2) is 18.2 Å². The Balaban J connectivity index is 2.50. The zero-order valence-electron chi connectivity index (χ0n) is 10.2. The fourth-order valence-electron chi connectivity index (χ4n) is 1.39. The Morgan fingerprint density at radius 2 is 2.06 bits per heavy atom. The van der Waals surface area contributed by atoms with Crippen LogP contribution in [-0.4, -0.2) is 13.2 Å². The molecule has 3 nitrogen and oxygen atoms in total. The maximum atomic E-state index is 5.79. The third kappa shape index (κ3) is 4.11. The molecule has 0 aliphatic heterocycles. The zero-order chi connectivity index (χ0) is 11.8. The van der Waals surface area contributed by atoms with Gasteiger partial charge in [-0.05, 0) is 31.0 Å². The predicted octanol–water partition coefficient (Wildman–Crippen LogP) is 2.98. The molecule has 16 heavy (non-hydrogen) atoms. The highest BCUT2D eigenvalue weighted by Gasteiger charge is 2.01. The minimum atomic E-state index is 0.625. The Morgan fingerprint density at radius 1 is 1.25 bits per heavy atom. The van der Waals surface area contributed by atoms with Gasteiger partial charge in [0.1, 0.15) is 5.75 Å². The molecule has 0 aliphatic rings. The third-order valence-electron chi connectivity index (χ3n) is 2.29. The number of nitrogen functional groups attached to an aromatic ring is 1. The largest absolute Gasteiger partial charge is 0.492 e. The molecule has 0 fully saturated rings. The van der Waals surface area contributed by atoms with E-state index in [9.17, 15) is 0 Å². The Hall–Kier alpha value is -1.22. The Morgan fingerprint density at radius 3 is 2.75 bits per heavy atom. The maximum Gasteiger partial charge on any atom is 0.142 e. The fourth-order valence-corrected chi connectivity index (χ4v) is 1.39. The van der Waals surface area contributed by atoms with Gasteiger partial charge in [-0.25, -0.2) is 0 Å². The third-order valence-corrected chi connectivity index (χ3v) is 2.29. The molecule has 1 rings (SSSR count). The van der Waals surface area contributed by atoms with Gasteiger partial charge in [-0.15, -0.1) is 0 Å². The van der Waals surface area contributed by atoms with Crippen molar-refractivity contribution in [1.82, 2.24) is 0 Å². The minimum Gasteiger partial charge on any atom is -0.492 e. The lowest BCUT2D eigenvalue weighted by Crippen LogP contribution is -2.00. The molecule has 0 radical (unpaired) electrons. The van der Waals surface area contributed by atoms with E-state index in [2.05, 4.69) is 6.92 Å². The van der Waals surface area contributed by atoms with Gasteiger partial charge in [-0.1, -0.05) is 19.4 Å². The molecule has 0 heterocycles. The lowest BCUT2D eigenvalue weighted by atomic mass is 10.2. The lowest BCUT2D eigenvalue weighted by Gasteiger charge is -2.09. The standard InChI is InChI=1S/C13H21NO2/c1-3-5-8-15-10-11-6-7-12(14)13(9-11)16-4-2/h6-7,9H,3-5,8,10,14H2,1-2H3. The van der Waals surface area contributed by atoms with Crippen molar-refractivity contribution in [2.75, 3.05) is 18.9 Å². The summed E-state index contributed by atoms with van der Waals surface area (Å²) < 4.78 is 11.0. The summed E-state index contributed by atoms with van der Waals surface area (Å²) in [4.78, 5) is 0. The average Bonchev–Trinajstić information content (AvgIpc) is 2.29. The van der Waals surface area contributed by atoms with Gasteiger partial charge in [0, 0.05) is 6.61 Å². The molecule has 0 atom stereocenters. The number of nitrogens with two attached hydrogens (primary N) is 1. The molecular weight excluding hydrogens is 202 g/mol. The molecule has 0 saturated carbocycles. The van der Waals surface area contributed by atoms with Gasteiger partial charge in [-0.3, -0.25) is 0 Å². The fraction of sp³-hybridized carbons (Fsp3) is 0.538. The summed E-state index contributed by atoms with van der Waals surface area (Å²) in [6, 6.07) is 5.79. The van der Waals surface area contributed by atoms with Crippen molar-refractivity contribution in [2.45, 2.75) is 33.3 Å². The molecule has 1 aromatic carbocycles. The van der Waals surface area contributed by atoms with E-state index >= 15 is 0 Å². The van der Waals surface area contributed by atoms with E-state index in [0.717, 1.165) is 30.8 Å². The molecule has 0 unspecified atom stereocenters. The van der Waals surface area contributed by atoms with Crippen molar-refractivity contribution in [3.63, 3.8) is 0 Å². The van der Waals surface area contributed by atoms with Crippen molar-refractivity contribution in [2.24, 2.45) is 0 Å². The zero-order valence-corrected chi connectivity index (χ0v) is 10.2. The van der Waals surface area contributed by atoms with Crippen LogP contribution in [0.4, 0.5) is 5.69 Å². The van der Waals surface area contributed by atoms with Crippen LogP contribution in [0.5, 0.6) is 5.75 Å². The summed E-state index contributed by atoms with van der Waals surface area (Å²) in [5.74, 6) is 0.749. The van der Waals surface area contributed by atoms with Gasteiger partial charge in [0.05, 0.1) is 18.9 Å². The molecule has 0 aliphatic carbocycles. The Kier molecular flexibility index (Phi) is 5.72. The van der Waals surface area contributed by atoms with Crippen LogP contribution < -0.4 is 10.5 Å². The van der Waals surface area contributed by atoms with Crippen molar-refractivity contribution >= 4 is 5.69 Å². The number of anilines is 1. The number of unbranched alkanes of at least 4 members (excludes halogenated alkanes) is 1. The number of hydrogen-bond donors (Lipinski definition) is 1. The lowest BCUT2D eigenvalue weighted by molar-refractivity contribution is 0.118. The summed E-state index contributed by atoms with van der Waals surface area (Å²) in [7, 11) is 0. The Bertz CT molecular complexity index is 313. The second-order valence-corrected chi connectivity index (χ2v) is 3.71. The van der Waals surface area contributed by atoms with E-state index in [-0.39, 0.29) is 0 Å². The van der Waals surface area contributed by atoms with Gasteiger partial charge in [0.2, 0.25) is 0 Å². The first-order valence-corrected chi connectivity index (χ1v) is 5.86. The highest BCUT2D eigenvalue weighted by Crippen LogP contribution is 2.23. The molecule has 0 saturated heterocycles. The van der Waals surface area contributed by atoms with Crippen molar-refractivity contribution < 1.29 is 9.47 Å². The highest BCUT2D eigenvalue weighted by molar-refractivity contribution is 5.53. The van der Waals surface area contributed by atoms with E-state index in [4.69, 9.17) is 15.2 Å². The van der Waals surface area contributed by atoms with E-state index in [1.54, 1.807) is 0 Å².